The van der Waals surface area contributed by atoms with Gasteiger partial charge in [-0.05, 0) is 55.8 Å². The summed E-state index contributed by atoms with van der Waals surface area (Å²) in [6.45, 7) is 3.50. The number of nitriles is 1. The average molecular weight is 493 g/mol. The van der Waals surface area contributed by atoms with Crippen LogP contribution in [0, 0.1) is 25.2 Å². The van der Waals surface area contributed by atoms with Gasteiger partial charge in [0.25, 0.3) is 5.89 Å². The molecule has 4 rings (SSSR count). The van der Waals surface area contributed by atoms with Gasteiger partial charge in [-0.1, -0.05) is 47.5 Å². The van der Waals surface area contributed by atoms with Gasteiger partial charge in [-0.3, -0.25) is 0 Å². The fraction of sp³-hybridized carbons (Fsp3) is 0.120. The molecule has 2 heterocycles. The number of hydrogen-bond donors (Lipinski definition) is 0. The maximum absolute atomic E-state index is 12.6. The zero-order chi connectivity index (χ0) is 24.2. The Bertz CT molecular complexity index is 1430. The summed E-state index contributed by atoms with van der Waals surface area (Å²) in [4.78, 5) is 12.6. The Kier molecular flexibility index (Phi) is 6.82. The number of carbonyl (C=O) groups excluding carboxylic acids is 1. The van der Waals surface area contributed by atoms with E-state index in [0.29, 0.717) is 27.2 Å². The van der Waals surface area contributed by atoms with Crippen molar-refractivity contribution in [2.75, 3.05) is 0 Å². The molecule has 0 saturated carbocycles. The predicted octanol–water partition coefficient (Wildman–Crippen LogP) is 6.10. The number of rotatable bonds is 6. The van der Waals surface area contributed by atoms with Crippen LogP contribution in [0.5, 0.6) is 0 Å². The Balaban J connectivity index is 1.53. The zero-order valence-corrected chi connectivity index (χ0v) is 19.8. The Morgan fingerprint density at radius 2 is 1.91 bits per heavy atom. The maximum atomic E-state index is 12.6. The molecule has 0 N–H and O–H groups in total. The second kappa shape index (κ2) is 9.96. The van der Waals surface area contributed by atoms with Crippen molar-refractivity contribution in [3.63, 3.8) is 0 Å². The average Bonchev–Trinajstić information content (AvgIpc) is 3.42. The number of hydrogen-bond acceptors (Lipinski definition) is 6. The number of ether oxygens (including phenoxy) is 1. The lowest BCUT2D eigenvalue weighted by atomic mass is 10.1. The highest BCUT2D eigenvalue weighted by Gasteiger charge is 2.18. The first-order chi connectivity index (χ1) is 16.4. The van der Waals surface area contributed by atoms with Crippen LogP contribution in [0.25, 0.3) is 23.2 Å². The van der Waals surface area contributed by atoms with Crippen LogP contribution in [-0.4, -0.2) is 20.7 Å². The van der Waals surface area contributed by atoms with Crippen LogP contribution >= 0.6 is 23.2 Å². The van der Waals surface area contributed by atoms with E-state index in [1.807, 2.05) is 66.9 Å². The van der Waals surface area contributed by atoms with Gasteiger partial charge in [0.1, 0.15) is 11.6 Å². The Morgan fingerprint density at radius 3 is 2.65 bits per heavy atom. The van der Waals surface area contributed by atoms with E-state index in [2.05, 4.69) is 10.2 Å². The van der Waals surface area contributed by atoms with Gasteiger partial charge < -0.3 is 13.7 Å². The molecule has 0 fully saturated rings. The summed E-state index contributed by atoms with van der Waals surface area (Å²) in [7, 11) is 0. The number of esters is 1. The number of aromatic nitrogens is 3. The van der Waals surface area contributed by atoms with E-state index in [-0.39, 0.29) is 18.1 Å². The van der Waals surface area contributed by atoms with Crippen LogP contribution in [0.15, 0.2) is 64.6 Å². The highest BCUT2D eigenvalue weighted by Crippen LogP contribution is 2.32. The number of nitrogens with zero attached hydrogens (tertiary/aromatic N) is 4. The molecule has 0 aliphatic rings. The van der Waals surface area contributed by atoms with E-state index in [9.17, 15) is 10.1 Å². The van der Waals surface area contributed by atoms with Gasteiger partial charge in [0.15, 0.2) is 6.61 Å². The van der Waals surface area contributed by atoms with Crippen molar-refractivity contribution in [3.8, 4) is 23.2 Å². The van der Waals surface area contributed by atoms with Crippen molar-refractivity contribution < 1.29 is 13.9 Å². The summed E-state index contributed by atoms with van der Waals surface area (Å²) in [6.07, 6.45) is 1.48. The third-order valence-corrected chi connectivity index (χ3v) is 5.91. The van der Waals surface area contributed by atoms with Gasteiger partial charge in [0.2, 0.25) is 5.89 Å². The van der Waals surface area contributed by atoms with Gasteiger partial charge in [-0.15, -0.1) is 10.2 Å². The fourth-order valence-corrected chi connectivity index (χ4v) is 3.86. The highest BCUT2D eigenvalue weighted by molar-refractivity contribution is 6.43. The van der Waals surface area contributed by atoms with Crippen molar-refractivity contribution in [1.29, 1.82) is 5.26 Å². The first-order valence-corrected chi connectivity index (χ1v) is 10.9. The zero-order valence-electron chi connectivity index (χ0n) is 18.3. The molecule has 2 aromatic heterocycles. The topological polar surface area (TPSA) is 93.9 Å². The summed E-state index contributed by atoms with van der Waals surface area (Å²) >= 11 is 12.6. The first kappa shape index (κ1) is 23.3. The SMILES string of the molecule is Cc1cc(/C=C(\C#N)C(=O)OCc2nnc(-c3ccccc3)o2)c(C)n1-c1cccc(Cl)c1Cl. The minimum Gasteiger partial charge on any atom is -0.451 e. The van der Waals surface area contributed by atoms with Crippen LogP contribution < -0.4 is 0 Å². The Labute approximate surface area is 205 Å². The molecule has 7 nitrogen and oxygen atoms in total. The minimum atomic E-state index is -0.799. The lowest BCUT2D eigenvalue weighted by Gasteiger charge is -2.12. The summed E-state index contributed by atoms with van der Waals surface area (Å²) in [6, 6.07) is 18.3. The number of halogens is 2. The summed E-state index contributed by atoms with van der Waals surface area (Å²) < 4.78 is 12.7. The monoisotopic (exact) mass is 492 g/mol. The standard InChI is InChI=1S/C25H18Cl2N4O3/c1-15-11-18(16(2)31(15)21-10-6-9-20(26)23(21)27)12-19(13-28)25(32)33-14-22-29-30-24(34-22)17-7-4-3-5-8-17/h3-12H,14H2,1-2H3/b19-12+. The summed E-state index contributed by atoms with van der Waals surface area (Å²) in [5.41, 5.74) is 3.60. The first-order valence-electron chi connectivity index (χ1n) is 10.2. The number of carbonyl (C=O) groups is 1. The molecule has 34 heavy (non-hydrogen) atoms. The minimum absolute atomic E-state index is 0.123. The van der Waals surface area contributed by atoms with Crippen LogP contribution in [0.3, 0.4) is 0 Å². The molecule has 0 radical (unpaired) electrons. The van der Waals surface area contributed by atoms with Crippen molar-refractivity contribution in [1.82, 2.24) is 14.8 Å². The van der Waals surface area contributed by atoms with E-state index in [0.717, 1.165) is 17.0 Å². The molecule has 0 atom stereocenters. The lowest BCUT2D eigenvalue weighted by Crippen LogP contribution is -2.07. The van der Waals surface area contributed by atoms with Gasteiger partial charge in [-0.25, -0.2) is 4.79 Å². The summed E-state index contributed by atoms with van der Waals surface area (Å²) in [5.74, 6) is -0.361. The highest BCUT2D eigenvalue weighted by atomic mass is 35.5. The molecule has 0 amide bonds. The third kappa shape index (κ3) is 4.74. The van der Waals surface area contributed by atoms with Gasteiger partial charge in [0, 0.05) is 17.0 Å². The van der Waals surface area contributed by atoms with E-state index in [1.165, 1.54) is 6.08 Å². The lowest BCUT2D eigenvalue weighted by molar-refractivity contribution is -0.140. The molecule has 9 heteroatoms. The van der Waals surface area contributed by atoms with E-state index in [1.54, 1.807) is 12.1 Å². The number of aryl methyl sites for hydroxylation is 1. The second-order valence-electron chi connectivity index (χ2n) is 7.35. The van der Waals surface area contributed by atoms with Crippen molar-refractivity contribution in [3.05, 3.63) is 93.1 Å². The fourth-order valence-electron chi connectivity index (χ4n) is 3.48. The van der Waals surface area contributed by atoms with Gasteiger partial charge in [-0.2, -0.15) is 5.26 Å². The van der Waals surface area contributed by atoms with E-state index < -0.39 is 5.97 Å². The maximum Gasteiger partial charge on any atom is 0.349 e. The van der Waals surface area contributed by atoms with Crippen LogP contribution in [-0.2, 0) is 16.1 Å². The van der Waals surface area contributed by atoms with Gasteiger partial charge >= 0.3 is 5.97 Å². The quantitative estimate of drug-likeness (QED) is 0.183. The van der Waals surface area contributed by atoms with Crippen molar-refractivity contribution in [2.45, 2.75) is 20.5 Å². The normalized spacial score (nSPS) is 11.3. The molecule has 0 unspecified atom stereocenters. The predicted molar refractivity (Wildman–Crippen MR) is 128 cm³/mol. The van der Waals surface area contributed by atoms with Crippen LogP contribution in [0.4, 0.5) is 0 Å². The largest absolute Gasteiger partial charge is 0.451 e. The molecule has 2 aromatic carbocycles. The van der Waals surface area contributed by atoms with Gasteiger partial charge in [0.05, 0.1) is 15.7 Å². The third-order valence-electron chi connectivity index (χ3n) is 5.10. The molecule has 0 bridgehead atoms. The van der Waals surface area contributed by atoms with Crippen molar-refractivity contribution >= 4 is 35.2 Å². The molecule has 0 aliphatic carbocycles. The molecular weight excluding hydrogens is 475 g/mol. The molecule has 0 spiro atoms. The second-order valence-corrected chi connectivity index (χ2v) is 8.13. The number of benzene rings is 2. The molecule has 0 saturated heterocycles. The molecule has 0 aliphatic heterocycles. The molecule has 170 valence electrons. The Hall–Kier alpha value is -3.86. The summed E-state index contributed by atoms with van der Waals surface area (Å²) in [5, 5.41) is 18.2. The Morgan fingerprint density at radius 1 is 1.15 bits per heavy atom. The molecule has 4 aromatic rings. The van der Waals surface area contributed by atoms with E-state index >= 15 is 0 Å². The smallest absolute Gasteiger partial charge is 0.349 e. The van der Waals surface area contributed by atoms with Crippen molar-refractivity contribution in [2.24, 2.45) is 0 Å². The van der Waals surface area contributed by atoms with Crippen LogP contribution in [0.2, 0.25) is 10.0 Å². The van der Waals surface area contributed by atoms with Crippen LogP contribution in [0.1, 0.15) is 22.8 Å². The van der Waals surface area contributed by atoms with E-state index in [4.69, 9.17) is 32.4 Å². The molecular formula is C25H18Cl2N4O3.